The molecule has 6 heteroatoms. The van der Waals surface area contributed by atoms with Gasteiger partial charge in [-0.1, -0.05) is 13.8 Å². The molecule has 0 fully saturated rings. The Labute approximate surface area is 105 Å². The van der Waals surface area contributed by atoms with Gasteiger partial charge in [-0.2, -0.15) is 0 Å². The number of nitrogens with two attached hydrogens (primary N) is 1. The molecule has 0 spiro atoms. The van der Waals surface area contributed by atoms with Crippen LogP contribution in [0.3, 0.4) is 0 Å². The van der Waals surface area contributed by atoms with E-state index in [-0.39, 0.29) is 17.9 Å². The average molecular weight is 254 g/mol. The highest BCUT2D eigenvalue weighted by Crippen LogP contribution is 2.37. The molecule has 0 amide bonds. The second-order valence-electron chi connectivity index (χ2n) is 4.24. The Kier molecular flexibility index (Phi) is 4.15. The lowest BCUT2D eigenvalue weighted by Crippen LogP contribution is -2.58. The third-order valence-electron chi connectivity index (χ3n) is 3.41. The van der Waals surface area contributed by atoms with E-state index in [1.165, 1.54) is 18.2 Å². The maximum atomic E-state index is 11.4. The quantitative estimate of drug-likeness (QED) is 0.303. The van der Waals surface area contributed by atoms with Crippen LogP contribution in [0.5, 0.6) is 11.5 Å². The van der Waals surface area contributed by atoms with Crippen molar-refractivity contribution in [3.05, 3.63) is 23.8 Å². The van der Waals surface area contributed by atoms with E-state index in [4.69, 9.17) is 5.84 Å². The highest BCUT2D eigenvalue weighted by atomic mass is 16.4. The molecule has 2 atom stereocenters. The Morgan fingerprint density at radius 2 is 2.11 bits per heavy atom. The van der Waals surface area contributed by atoms with Gasteiger partial charge in [-0.3, -0.25) is 10.6 Å². The summed E-state index contributed by atoms with van der Waals surface area (Å²) in [5.74, 6) is 3.53. The summed E-state index contributed by atoms with van der Waals surface area (Å²) in [6, 6.07) is 3.99. The number of nitrogens with one attached hydrogen (secondary N) is 1. The van der Waals surface area contributed by atoms with Gasteiger partial charge in [0.1, 0.15) is 17.0 Å². The summed E-state index contributed by atoms with van der Waals surface area (Å²) in [4.78, 5) is 11.4. The van der Waals surface area contributed by atoms with Gasteiger partial charge in [-0.05, 0) is 24.6 Å². The maximum absolute atomic E-state index is 11.4. The van der Waals surface area contributed by atoms with Crippen molar-refractivity contribution in [2.75, 3.05) is 0 Å². The number of aromatic hydroxyl groups is 2. The minimum atomic E-state index is -1.40. The zero-order valence-electron chi connectivity index (χ0n) is 10.3. The van der Waals surface area contributed by atoms with Gasteiger partial charge in [0, 0.05) is 11.5 Å². The maximum Gasteiger partial charge on any atom is 0.325 e. The number of carbonyl (C=O) groups is 1. The number of carboxylic acid groups (broad SMARTS) is 1. The Morgan fingerprint density at radius 3 is 2.56 bits per heavy atom. The van der Waals surface area contributed by atoms with E-state index in [9.17, 15) is 20.1 Å². The van der Waals surface area contributed by atoms with Crippen LogP contribution in [-0.2, 0) is 4.79 Å². The zero-order valence-corrected chi connectivity index (χ0v) is 10.3. The summed E-state index contributed by atoms with van der Waals surface area (Å²) in [5, 5.41) is 28.5. The lowest BCUT2D eigenvalue weighted by atomic mass is 9.78. The van der Waals surface area contributed by atoms with Crippen LogP contribution >= 0.6 is 0 Å². The van der Waals surface area contributed by atoms with E-state index in [0.717, 1.165) is 0 Å². The van der Waals surface area contributed by atoms with Crippen LogP contribution in [0.1, 0.15) is 31.7 Å². The van der Waals surface area contributed by atoms with Gasteiger partial charge in [-0.25, -0.2) is 5.43 Å². The van der Waals surface area contributed by atoms with Crippen LogP contribution in [-0.4, -0.2) is 26.8 Å². The average Bonchev–Trinajstić information content (AvgIpc) is 2.34. The first-order chi connectivity index (χ1) is 8.39. The van der Waals surface area contributed by atoms with Crippen LogP contribution in [0.15, 0.2) is 18.2 Å². The van der Waals surface area contributed by atoms with Crippen molar-refractivity contribution in [1.29, 1.82) is 0 Å². The van der Waals surface area contributed by atoms with Gasteiger partial charge >= 0.3 is 5.97 Å². The lowest BCUT2D eigenvalue weighted by Gasteiger charge is -2.34. The molecular formula is C12H18N2O4. The monoisotopic (exact) mass is 254 g/mol. The van der Waals surface area contributed by atoms with E-state index < -0.39 is 17.4 Å². The summed E-state index contributed by atoms with van der Waals surface area (Å²) in [6.45, 7) is 3.32. The minimum absolute atomic E-state index is 0.0398. The molecule has 0 saturated carbocycles. The van der Waals surface area contributed by atoms with Crippen LogP contribution in [0.4, 0.5) is 0 Å². The van der Waals surface area contributed by atoms with E-state index >= 15 is 0 Å². The second-order valence-corrected chi connectivity index (χ2v) is 4.24. The molecule has 100 valence electrons. The second kappa shape index (κ2) is 5.24. The number of hydrogen-bond acceptors (Lipinski definition) is 5. The molecule has 1 aromatic rings. The zero-order chi connectivity index (χ0) is 13.9. The van der Waals surface area contributed by atoms with Crippen LogP contribution in [0.2, 0.25) is 0 Å². The molecule has 6 nitrogen and oxygen atoms in total. The fraction of sp³-hybridized carbons (Fsp3) is 0.417. The molecule has 0 radical (unpaired) electrons. The van der Waals surface area contributed by atoms with Crippen LogP contribution in [0.25, 0.3) is 0 Å². The number of aliphatic carboxylic acids is 1. The largest absolute Gasteiger partial charge is 0.508 e. The lowest BCUT2D eigenvalue weighted by molar-refractivity contribution is -0.146. The van der Waals surface area contributed by atoms with Gasteiger partial charge in [0.25, 0.3) is 0 Å². The van der Waals surface area contributed by atoms with Gasteiger partial charge in [-0.15, -0.1) is 0 Å². The summed E-state index contributed by atoms with van der Waals surface area (Å²) < 4.78 is 0. The molecule has 0 bridgehead atoms. The number of rotatable bonds is 5. The highest BCUT2D eigenvalue weighted by molar-refractivity contribution is 5.80. The number of phenolic OH excluding ortho intramolecular Hbond substituents is 2. The van der Waals surface area contributed by atoms with E-state index in [2.05, 4.69) is 5.43 Å². The normalized spacial score (nSPS) is 15.9. The smallest absolute Gasteiger partial charge is 0.325 e. The van der Waals surface area contributed by atoms with Crippen LogP contribution < -0.4 is 11.3 Å². The number of benzene rings is 1. The van der Waals surface area contributed by atoms with E-state index in [1.54, 1.807) is 13.8 Å². The molecule has 0 aromatic heterocycles. The van der Waals surface area contributed by atoms with Crippen molar-refractivity contribution < 1.29 is 20.1 Å². The number of phenols is 2. The van der Waals surface area contributed by atoms with Crippen molar-refractivity contribution in [2.45, 2.75) is 31.7 Å². The first-order valence-electron chi connectivity index (χ1n) is 5.62. The molecule has 2 unspecified atom stereocenters. The number of hydrazine groups is 1. The molecule has 0 aliphatic carbocycles. The van der Waals surface area contributed by atoms with Crippen molar-refractivity contribution in [3.8, 4) is 11.5 Å². The van der Waals surface area contributed by atoms with E-state index in [1.807, 2.05) is 0 Å². The Bertz CT molecular complexity index is 444. The van der Waals surface area contributed by atoms with Crippen LogP contribution in [0, 0.1) is 0 Å². The summed E-state index contributed by atoms with van der Waals surface area (Å²) in [5.41, 5.74) is 1.25. The SMILES string of the molecule is CCC(NN)(C(=O)O)C(C)c1cc(O)ccc1O. The predicted molar refractivity (Wildman–Crippen MR) is 66.2 cm³/mol. The van der Waals surface area contributed by atoms with Gasteiger partial charge in [0.15, 0.2) is 0 Å². The summed E-state index contributed by atoms with van der Waals surface area (Å²) >= 11 is 0. The first kappa shape index (κ1) is 14.3. The highest BCUT2D eigenvalue weighted by Gasteiger charge is 2.43. The number of carboxylic acids is 1. The topological polar surface area (TPSA) is 116 Å². The molecule has 6 N–H and O–H groups in total. The van der Waals surface area contributed by atoms with Crippen molar-refractivity contribution in [2.24, 2.45) is 5.84 Å². The van der Waals surface area contributed by atoms with E-state index in [0.29, 0.717) is 5.56 Å². The third kappa shape index (κ3) is 2.25. The minimum Gasteiger partial charge on any atom is -0.508 e. The standard InChI is InChI=1S/C12H18N2O4/c1-3-12(14-13,11(17)18)7(2)9-6-8(15)4-5-10(9)16/h4-7,14-16H,3,13H2,1-2H3,(H,17,18). The Balaban J connectivity index is 3.29. The number of hydrogen-bond donors (Lipinski definition) is 5. The molecule has 0 aliphatic heterocycles. The Hall–Kier alpha value is -1.79. The predicted octanol–water partition coefficient (Wildman–Crippen LogP) is 0.898. The molecule has 0 saturated heterocycles. The molecule has 18 heavy (non-hydrogen) atoms. The molecular weight excluding hydrogens is 236 g/mol. The van der Waals surface area contributed by atoms with Gasteiger partial charge in [0.2, 0.25) is 0 Å². The third-order valence-corrected chi connectivity index (χ3v) is 3.41. The van der Waals surface area contributed by atoms with Crippen molar-refractivity contribution in [1.82, 2.24) is 5.43 Å². The Morgan fingerprint density at radius 1 is 1.50 bits per heavy atom. The summed E-state index contributed by atoms with van der Waals surface area (Å²) in [6.07, 6.45) is 0.231. The van der Waals surface area contributed by atoms with Crippen molar-refractivity contribution in [3.63, 3.8) is 0 Å². The summed E-state index contributed by atoms with van der Waals surface area (Å²) in [7, 11) is 0. The fourth-order valence-electron chi connectivity index (χ4n) is 2.09. The molecule has 1 aromatic carbocycles. The fourth-order valence-corrected chi connectivity index (χ4v) is 2.09. The molecule has 0 aliphatic rings. The molecule has 0 heterocycles. The van der Waals surface area contributed by atoms with Gasteiger partial charge < -0.3 is 15.3 Å². The van der Waals surface area contributed by atoms with Gasteiger partial charge in [0.05, 0.1) is 0 Å². The molecule has 1 rings (SSSR count). The first-order valence-corrected chi connectivity index (χ1v) is 5.62. The van der Waals surface area contributed by atoms with Crippen molar-refractivity contribution >= 4 is 5.97 Å².